The van der Waals surface area contributed by atoms with Gasteiger partial charge in [-0.25, -0.2) is 0 Å². The molecule has 7 heteroatoms. The van der Waals surface area contributed by atoms with Crippen molar-refractivity contribution in [3.63, 3.8) is 0 Å². The predicted molar refractivity (Wildman–Crippen MR) is 123 cm³/mol. The number of anilines is 1. The van der Waals surface area contributed by atoms with Crippen LogP contribution >= 0.6 is 0 Å². The van der Waals surface area contributed by atoms with Crippen molar-refractivity contribution in [2.24, 2.45) is 0 Å². The summed E-state index contributed by atoms with van der Waals surface area (Å²) in [5.74, 6) is -0.515. The van der Waals surface area contributed by atoms with E-state index in [9.17, 15) is 14.4 Å². The van der Waals surface area contributed by atoms with Crippen LogP contribution in [0.25, 0.3) is 5.69 Å². The van der Waals surface area contributed by atoms with Gasteiger partial charge in [0.1, 0.15) is 12.2 Å². The lowest BCUT2D eigenvalue weighted by Gasteiger charge is -2.30. The summed E-state index contributed by atoms with van der Waals surface area (Å²) in [6, 6.07) is 19.1. The first-order chi connectivity index (χ1) is 15.5. The van der Waals surface area contributed by atoms with E-state index in [1.54, 1.807) is 24.3 Å². The van der Waals surface area contributed by atoms with Crippen LogP contribution in [-0.2, 0) is 4.79 Å². The van der Waals surface area contributed by atoms with Gasteiger partial charge in [0.15, 0.2) is 0 Å². The zero-order valence-corrected chi connectivity index (χ0v) is 18.1. The first-order valence-electron chi connectivity index (χ1n) is 10.8. The Balaban J connectivity index is 1.67. The highest BCUT2D eigenvalue weighted by atomic mass is 16.2. The topological polar surface area (TPSA) is 75.5 Å². The van der Waals surface area contributed by atoms with Crippen LogP contribution in [0.3, 0.4) is 0 Å². The van der Waals surface area contributed by atoms with Crippen molar-refractivity contribution in [3.05, 3.63) is 88.3 Å². The van der Waals surface area contributed by atoms with Crippen LogP contribution in [0.4, 0.5) is 5.69 Å². The number of piperidine rings is 1. The van der Waals surface area contributed by atoms with Crippen LogP contribution in [0.15, 0.2) is 71.5 Å². The average molecular weight is 431 g/mol. The molecule has 0 bridgehead atoms. The van der Waals surface area contributed by atoms with Crippen LogP contribution < -0.4 is 10.5 Å². The lowest BCUT2D eigenvalue weighted by atomic mass is 10.1. The molecule has 164 valence electrons. The molecule has 0 atom stereocenters. The Hall–Kier alpha value is -3.74. The second-order valence-electron chi connectivity index (χ2n) is 7.97. The summed E-state index contributed by atoms with van der Waals surface area (Å²) in [7, 11) is 0. The van der Waals surface area contributed by atoms with Gasteiger partial charge in [0, 0.05) is 24.8 Å². The third-order valence-corrected chi connectivity index (χ3v) is 5.61. The summed E-state index contributed by atoms with van der Waals surface area (Å²) in [5, 5.41) is 4.31. The summed E-state index contributed by atoms with van der Waals surface area (Å²) in [4.78, 5) is 42.1. The highest BCUT2D eigenvalue weighted by Crippen LogP contribution is 2.19. The van der Waals surface area contributed by atoms with Gasteiger partial charge in [-0.05, 0) is 56.5 Å². The standard InChI is InChI=1S/C25H26N4O3/c1-19-10-12-20(13-11-19)28(18-24(31)27-16-6-3-7-17-27)25(32)22-14-15-23(30)29(26-22)21-8-4-2-5-9-21/h2,4-5,8-15H,3,6-7,16-18H2,1H3. The molecule has 0 N–H and O–H groups in total. The fourth-order valence-electron chi connectivity index (χ4n) is 3.80. The number of nitrogens with zero attached hydrogens (tertiary/aromatic N) is 4. The molecule has 7 nitrogen and oxygen atoms in total. The molecular formula is C25H26N4O3. The van der Waals surface area contributed by atoms with E-state index in [1.165, 1.54) is 21.7 Å². The van der Waals surface area contributed by atoms with E-state index in [2.05, 4.69) is 5.10 Å². The van der Waals surface area contributed by atoms with Gasteiger partial charge in [0.2, 0.25) is 5.91 Å². The molecule has 2 amide bonds. The van der Waals surface area contributed by atoms with E-state index < -0.39 is 5.91 Å². The van der Waals surface area contributed by atoms with Gasteiger partial charge < -0.3 is 4.90 Å². The molecule has 0 aliphatic carbocycles. The van der Waals surface area contributed by atoms with Crippen LogP contribution in [0.2, 0.25) is 0 Å². The molecule has 32 heavy (non-hydrogen) atoms. The Kier molecular flexibility index (Phi) is 6.44. The van der Waals surface area contributed by atoms with Gasteiger partial charge in [-0.2, -0.15) is 9.78 Å². The van der Waals surface area contributed by atoms with E-state index in [4.69, 9.17) is 0 Å². The minimum Gasteiger partial charge on any atom is -0.341 e. The third kappa shape index (κ3) is 4.77. The highest BCUT2D eigenvalue weighted by Gasteiger charge is 2.26. The summed E-state index contributed by atoms with van der Waals surface area (Å²) in [5.41, 5.74) is 2.00. The number of benzene rings is 2. The zero-order chi connectivity index (χ0) is 22.5. The highest BCUT2D eigenvalue weighted by molar-refractivity contribution is 6.07. The predicted octanol–water partition coefficient (Wildman–Crippen LogP) is 3.20. The van der Waals surface area contributed by atoms with Crippen molar-refractivity contribution in [2.45, 2.75) is 26.2 Å². The molecule has 2 aromatic carbocycles. The van der Waals surface area contributed by atoms with E-state index in [-0.39, 0.29) is 23.7 Å². The van der Waals surface area contributed by atoms with Crippen LogP contribution in [0, 0.1) is 6.92 Å². The Morgan fingerprint density at radius 1 is 0.906 bits per heavy atom. The maximum absolute atomic E-state index is 13.5. The van der Waals surface area contributed by atoms with Gasteiger partial charge in [0.05, 0.1) is 5.69 Å². The van der Waals surface area contributed by atoms with Gasteiger partial charge in [-0.1, -0.05) is 35.9 Å². The van der Waals surface area contributed by atoms with Crippen molar-refractivity contribution in [3.8, 4) is 5.69 Å². The van der Waals surface area contributed by atoms with Crippen molar-refractivity contribution in [2.75, 3.05) is 24.5 Å². The van der Waals surface area contributed by atoms with Gasteiger partial charge >= 0.3 is 0 Å². The maximum Gasteiger partial charge on any atom is 0.279 e. The molecule has 3 aromatic rings. The van der Waals surface area contributed by atoms with Gasteiger partial charge in [-0.3, -0.25) is 19.3 Å². The number of hydrogen-bond acceptors (Lipinski definition) is 4. The quantitative estimate of drug-likeness (QED) is 0.623. The molecular weight excluding hydrogens is 404 g/mol. The number of carbonyl (C=O) groups excluding carboxylic acids is 2. The SMILES string of the molecule is Cc1ccc(N(CC(=O)N2CCCCC2)C(=O)c2ccc(=O)n(-c3ccccc3)n2)cc1. The molecule has 1 saturated heterocycles. The lowest BCUT2D eigenvalue weighted by molar-refractivity contribution is -0.130. The summed E-state index contributed by atoms with van der Waals surface area (Å²) in [6.07, 6.45) is 3.08. The second-order valence-corrected chi connectivity index (χ2v) is 7.97. The van der Waals surface area contributed by atoms with E-state index in [1.807, 2.05) is 42.2 Å². The normalized spacial score (nSPS) is 13.6. The van der Waals surface area contributed by atoms with Crippen molar-refractivity contribution < 1.29 is 9.59 Å². The van der Waals surface area contributed by atoms with Crippen molar-refractivity contribution in [1.82, 2.24) is 14.7 Å². The first-order valence-corrected chi connectivity index (χ1v) is 10.8. The number of aromatic nitrogens is 2. The minimum absolute atomic E-state index is 0.0754. The summed E-state index contributed by atoms with van der Waals surface area (Å²) < 4.78 is 1.20. The van der Waals surface area contributed by atoms with E-state index >= 15 is 0 Å². The molecule has 0 radical (unpaired) electrons. The summed E-state index contributed by atoms with van der Waals surface area (Å²) >= 11 is 0. The maximum atomic E-state index is 13.5. The number of likely N-dealkylation sites (tertiary alicyclic amines) is 1. The van der Waals surface area contributed by atoms with Gasteiger partial charge in [0.25, 0.3) is 11.5 Å². The number of aryl methyl sites for hydroxylation is 1. The molecule has 0 saturated carbocycles. The summed E-state index contributed by atoms with van der Waals surface area (Å²) in [6.45, 7) is 3.32. The van der Waals surface area contributed by atoms with Crippen LogP contribution in [-0.4, -0.2) is 46.1 Å². The second kappa shape index (κ2) is 9.60. The van der Waals surface area contributed by atoms with E-state index in [0.29, 0.717) is 24.5 Å². The Labute approximate surface area is 186 Å². The smallest absolute Gasteiger partial charge is 0.279 e. The molecule has 2 heterocycles. The lowest BCUT2D eigenvalue weighted by Crippen LogP contribution is -2.45. The van der Waals surface area contributed by atoms with Gasteiger partial charge in [-0.15, -0.1) is 0 Å². The largest absolute Gasteiger partial charge is 0.341 e. The zero-order valence-electron chi connectivity index (χ0n) is 18.1. The number of rotatable bonds is 5. The first kappa shape index (κ1) is 21.5. The molecule has 1 aromatic heterocycles. The number of carbonyl (C=O) groups is 2. The molecule has 0 unspecified atom stereocenters. The molecule has 1 fully saturated rings. The Bertz CT molecular complexity index is 1150. The molecule has 1 aliphatic heterocycles. The number of hydrogen-bond donors (Lipinski definition) is 0. The monoisotopic (exact) mass is 430 g/mol. The minimum atomic E-state index is -0.427. The Morgan fingerprint density at radius 3 is 2.28 bits per heavy atom. The van der Waals surface area contributed by atoms with Crippen LogP contribution in [0.1, 0.15) is 35.3 Å². The molecule has 4 rings (SSSR count). The number of para-hydroxylation sites is 1. The third-order valence-electron chi connectivity index (χ3n) is 5.61. The fraction of sp³-hybridized carbons (Fsp3) is 0.280. The number of amides is 2. The van der Waals surface area contributed by atoms with Crippen molar-refractivity contribution >= 4 is 17.5 Å². The van der Waals surface area contributed by atoms with Crippen LogP contribution in [0.5, 0.6) is 0 Å². The Morgan fingerprint density at radius 2 is 1.59 bits per heavy atom. The molecule has 1 aliphatic rings. The fourth-order valence-corrected chi connectivity index (χ4v) is 3.80. The average Bonchev–Trinajstić information content (AvgIpc) is 2.84. The van der Waals surface area contributed by atoms with E-state index in [0.717, 1.165) is 24.8 Å². The van der Waals surface area contributed by atoms with Crippen molar-refractivity contribution in [1.29, 1.82) is 0 Å². The molecule has 0 spiro atoms.